The third-order valence-corrected chi connectivity index (χ3v) is 3.91. The summed E-state index contributed by atoms with van der Waals surface area (Å²) < 4.78 is 0. The van der Waals surface area contributed by atoms with Gasteiger partial charge in [0.2, 0.25) is 5.95 Å². The third kappa shape index (κ3) is 2.86. The van der Waals surface area contributed by atoms with Gasteiger partial charge >= 0.3 is 5.97 Å². The summed E-state index contributed by atoms with van der Waals surface area (Å²) in [5, 5.41) is 8.96. The first kappa shape index (κ1) is 14.3. The third-order valence-electron chi connectivity index (χ3n) is 3.91. The van der Waals surface area contributed by atoms with Crippen molar-refractivity contribution in [2.24, 2.45) is 0 Å². The van der Waals surface area contributed by atoms with Crippen LogP contribution in [0.3, 0.4) is 0 Å². The molecule has 3 rings (SSSR count). The van der Waals surface area contributed by atoms with Crippen molar-refractivity contribution in [3.8, 4) is 0 Å². The molecule has 1 aliphatic heterocycles. The number of hydrogen-bond acceptors (Lipinski definition) is 5. The summed E-state index contributed by atoms with van der Waals surface area (Å²) in [6.45, 7) is 4.69. The Morgan fingerprint density at radius 1 is 1.18 bits per heavy atom. The van der Waals surface area contributed by atoms with Gasteiger partial charge in [-0.1, -0.05) is 0 Å². The van der Waals surface area contributed by atoms with Crippen LogP contribution >= 0.6 is 0 Å². The molecule has 1 aliphatic rings. The molecule has 2 heterocycles. The lowest BCUT2D eigenvalue weighted by atomic mass is 10.1. The fraction of sp³-hybridized carbons (Fsp3) is 0.312. The fourth-order valence-corrected chi connectivity index (χ4v) is 2.77. The lowest BCUT2D eigenvalue weighted by Crippen LogP contribution is -2.52. The first-order valence-corrected chi connectivity index (χ1v) is 7.27. The maximum absolute atomic E-state index is 10.9. The number of aromatic carboxylic acids is 1. The molecule has 1 atom stereocenters. The molecule has 2 aromatic rings. The van der Waals surface area contributed by atoms with E-state index in [0.717, 1.165) is 31.3 Å². The van der Waals surface area contributed by atoms with Gasteiger partial charge in [-0.15, -0.1) is 0 Å². The van der Waals surface area contributed by atoms with Gasteiger partial charge in [-0.2, -0.15) is 0 Å². The molecule has 1 fully saturated rings. The second-order valence-electron chi connectivity index (χ2n) is 5.39. The Morgan fingerprint density at radius 2 is 1.86 bits per heavy atom. The average molecular weight is 298 g/mol. The van der Waals surface area contributed by atoms with Crippen LogP contribution in [0.4, 0.5) is 11.6 Å². The van der Waals surface area contributed by atoms with Crippen LogP contribution in [0.5, 0.6) is 0 Å². The molecule has 1 aromatic heterocycles. The topological polar surface area (TPSA) is 69.6 Å². The van der Waals surface area contributed by atoms with E-state index in [0.29, 0.717) is 11.6 Å². The molecule has 1 unspecified atom stereocenters. The van der Waals surface area contributed by atoms with Crippen LogP contribution in [0.25, 0.3) is 0 Å². The van der Waals surface area contributed by atoms with Crippen molar-refractivity contribution >= 4 is 17.6 Å². The van der Waals surface area contributed by atoms with E-state index in [2.05, 4.69) is 26.7 Å². The Balaban J connectivity index is 1.71. The molecule has 22 heavy (non-hydrogen) atoms. The number of benzene rings is 1. The number of piperazine rings is 1. The number of nitrogens with zero attached hydrogens (tertiary/aromatic N) is 4. The van der Waals surface area contributed by atoms with Crippen molar-refractivity contribution in [2.75, 3.05) is 29.4 Å². The Morgan fingerprint density at radius 3 is 2.45 bits per heavy atom. The van der Waals surface area contributed by atoms with Gasteiger partial charge in [0.25, 0.3) is 0 Å². The number of hydrogen-bond donors (Lipinski definition) is 1. The number of anilines is 2. The minimum atomic E-state index is -0.898. The van der Waals surface area contributed by atoms with Gasteiger partial charge in [-0.25, -0.2) is 14.8 Å². The van der Waals surface area contributed by atoms with Crippen molar-refractivity contribution < 1.29 is 9.90 Å². The van der Waals surface area contributed by atoms with E-state index in [-0.39, 0.29) is 0 Å². The molecule has 0 radical (unpaired) electrons. The van der Waals surface area contributed by atoms with Gasteiger partial charge in [0, 0.05) is 43.8 Å². The summed E-state index contributed by atoms with van der Waals surface area (Å²) in [4.78, 5) is 24.0. The monoisotopic (exact) mass is 298 g/mol. The first-order chi connectivity index (χ1) is 10.6. The molecule has 114 valence electrons. The van der Waals surface area contributed by atoms with Gasteiger partial charge in [0.1, 0.15) is 0 Å². The minimum absolute atomic E-state index is 0.299. The quantitative estimate of drug-likeness (QED) is 0.933. The lowest BCUT2D eigenvalue weighted by Gasteiger charge is -2.41. The van der Waals surface area contributed by atoms with Crippen LogP contribution in [0.2, 0.25) is 0 Å². The van der Waals surface area contributed by atoms with Gasteiger partial charge in [0.05, 0.1) is 5.56 Å². The lowest BCUT2D eigenvalue weighted by molar-refractivity contribution is 0.0697. The van der Waals surface area contributed by atoms with Crippen molar-refractivity contribution in [1.29, 1.82) is 0 Å². The number of carbonyl (C=O) groups is 1. The molecule has 1 N–H and O–H groups in total. The Kier molecular flexibility index (Phi) is 3.91. The molecule has 6 heteroatoms. The zero-order valence-electron chi connectivity index (χ0n) is 12.4. The predicted molar refractivity (Wildman–Crippen MR) is 84.5 cm³/mol. The van der Waals surface area contributed by atoms with Crippen LogP contribution in [-0.4, -0.2) is 46.7 Å². The number of rotatable bonds is 3. The molecule has 6 nitrogen and oxygen atoms in total. The number of aromatic nitrogens is 2. The highest BCUT2D eigenvalue weighted by Crippen LogP contribution is 2.22. The smallest absolute Gasteiger partial charge is 0.335 e. The SMILES string of the molecule is CC1CN(c2ncccn2)CCN1c1ccc(C(=O)O)cc1. The Hall–Kier alpha value is -2.63. The molecular formula is C16H18N4O2. The van der Waals surface area contributed by atoms with Crippen LogP contribution in [-0.2, 0) is 0 Å². The normalized spacial score (nSPS) is 18.3. The number of carboxylic acid groups (broad SMARTS) is 1. The highest BCUT2D eigenvalue weighted by Gasteiger charge is 2.25. The summed E-state index contributed by atoms with van der Waals surface area (Å²) in [5.41, 5.74) is 1.36. The summed E-state index contributed by atoms with van der Waals surface area (Å²) >= 11 is 0. The van der Waals surface area contributed by atoms with E-state index in [1.807, 2.05) is 18.2 Å². The summed E-state index contributed by atoms with van der Waals surface area (Å²) in [7, 11) is 0. The molecule has 1 aromatic carbocycles. The molecule has 0 aliphatic carbocycles. The zero-order chi connectivity index (χ0) is 15.5. The predicted octanol–water partition coefficient (Wildman–Crippen LogP) is 1.89. The Labute approximate surface area is 129 Å². The standard InChI is InChI=1S/C16H18N4O2/c1-12-11-19(16-17-7-2-8-18-16)9-10-20(12)14-5-3-13(4-6-14)15(21)22/h2-8,12H,9-11H2,1H3,(H,21,22). The fourth-order valence-electron chi connectivity index (χ4n) is 2.77. The Bertz CT molecular complexity index is 645. The van der Waals surface area contributed by atoms with E-state index in [1.165, 1.54) is 0 Å². The van der Waals surface area contributed by atoms with Crippen molar-refractivity contribution in [3.05, 3.63) is 48.3 Å². The van der Waals surface area contributed by atoms with Crippen LogP contribution < -0.4 is 9.80 Å². The van der Waals surface area contributed by atoms with Gasteiger partial charge in [-0.3, -0.25) is 0 Å². The van der Waals surface area contributed by atoms with Crippen LogP contribution in [0, 0.1) is 0 Å². The van der Waals surface area contributed by atoms with Crippen LogP contribution in [0.1, 0.15) is 17.3 Å². The zero-order valence-corrected chi connectivity index (χ0v) is 12.4. The molecular weight excluding hydrogens is 280 g/mol. The van der Waals surface area contributed by atoms with Crippen molar-refractivity contribution in [1.82, 2.24) is 9.97 Å². The average Bonchev–Trinajstić information content (AvgIpc) is 2.56. The molecule has 0 amide bonds. The van der Waals surface area contributed by atoms with E-state index >= 15 is 0 Å². The van der Waals surface area contributed by atoms with E-state index in [9.17, 15) is 4.79 Å². The molecule has 1 saturated heterocycles. The minimum Gasteiger partial charge on any atom is -0.478 e. The highest BCUT2D eigenvalue weighted by molar-refractivity contribution is 5.88. The van der Waals surface area contributed by atoms with E-state index in [1.54, 1.807) is 24.5 Å². The first-order valence-electron chi connectivity index (χ1n) is 7.27. The van der Waals surface area contributed by atoms with Gasteiger partial charge in [-0.05, 0) is 37.3 Å². The van der Waals surface area contributed by atoms with Gasteiger partial charge < -0.3 is 14.9 Å². The van der Waals surface area contributed by atoms with E-state index in [4.69, 9.17) is 5.11 Å². The highest BCUT2D eigenvalue weighted by atomic mass is 16.4. The van der Waals surface area contributed by atoms with Crippen molar-refractivity contribution in [3.63, 3.8) is 0 Å². The second kappa shape index (κ2) is 6.01. The maximum Gasteiger partial charge on any atom is 0.335 e. The van der Waals surface area contributed by atoms with Crippen molar-refractivity contribution in [2.45, 2.75) is 13.0 Å². The molecule has 0 saturated carbocycles. The second-order valence-corrected chi connectivity index (χ2v) is 5.39. The maximum atomic E-state index is 10.9. The number of carboxylic acids is 1. The van der Waals surface area contributed by atoms with Gasteiger partial charge in [0.15, 0.2) is 0 Å². The summed E-state index contributed by atoms with van der Waals surface area (Å²) in [6, 6.07) is 9.15. The summed E-state index contributed by atoms with van der Waals surface area (Å²) in [6.07, 6.45) is 3.51. The molecule has 0 bridgehead atoms. The largest absolute Gasteiger partial charge is 0.478 e. The molecule has 0 spiro atoms. The summed E-state index contributed by atoms with van der Waals surface area (Å²) in [5.74, 6) is -0.138. The van der Waals surface area contributed by atoms with E-state index < -0.39 is 5.97 Å². The van der Waals surface area contributed by atoms with Crippen LogP contribution in [0.15, 0.2) is 42.7 Å².